The molecule has 0 unspecified atom stereocenters. The zero-order valence-corrected chi connectivity index (χ0v) is 15.5. The first kappa shape index (κ1) is 18.3. The number of rotatable bonds is 8. The molecule has 0 spiro atoms. The van der Waals surface area contributed by atoms with Crippen LogP contribution in [-0.2, 0) is 7.05 Å². The van der Waals surface area contributed by atoms with Gasteiger partial charge in [-0.25, -0.2) is 0 Å². The highest BCUT2D eigenvalue weighted by atomic mass is 35.5. The molecule has 1 heterocycles. The Hall–Kier alpha value is -2.00. The van der Waals surface area contributed by atoms with Gasteiger partial charge in [-0.1, -0.05) is 43.7 Å². The predicted octanol–water partition coefficient (Wildman–Crippen LogP) is 5.22. The molecule has 2 aromatic rings. The van der Waals surface area contributed by atoms with Crippen molar-refractivity contribution in [2.24, 2.45) is 7.05 Å². The smallest absolute Gasteiger partial charge is 0.108 e. The molecular weight excluding hydrogens is 318 g/mol. The van der Waals surface area contributed by atoms with Crippen molar-refractivity contribution >= 4 is 22.9 Å². The topological polar surface area (TPSA) is 29.9 Å². The molecule has 0 radical (unpaired) electrons. The average Bonchev–Trinajstić information content (AvgIpc) is 2.99. The van der Waals surface area contributed by atoms with Crippen LogP contribution in [0, 0.1) is 6.92 Å². The molecule has 0 bridgehead atoms. The molecule has 1 aromatic heterocycles. The third-order valence-corrected chi connectivity index (χ3v) is 4.22. The molecule has 0 aliphatic heterocycles. The van der Waals surface area contributed by atoms with E-state index in [4.69, 9.17) is 11.6 Å². The van der Waals surface area contributed by atoms with E-state index in [-0.39, 0.29) is 0 Å². The number of aromatic nitrogens is 2. The van der Waals surface area contributed by atoms with Crippen molar-refractivity contribution in [3.63, 3.8) is 0 Å². The number of nitrogens with zero attached hydrogens (tertiary/aromatic N) is 2. The lowest BCUT2D eigenvalue weighted by Crippen LogP contribution is -2.14. The van der Waals surface area contributed by atoms with Crippen molar-refractivity contribution in [3.8, 4) is 0 Å². The first-order chi connectivity index (χ1) is 11.5. The zero-order valence-electron chi connectivity index (χ0n) is 14.8. The summed E-state index contributed by atoms with van der Waals surface area (Å²) in [6.07, 6.45) is 7.38. The first-order valence-corrected chi connectivity index (χ1v) is 8.77. The van der Waals surface area contributed by atoms with Crippen molar-refractivity contribution in [2.75, 3.05) is 6.54 Å². The molecule has 2 rings (SSSR count). The van der Waals surface area contributed by atoms with Gasteiger partial charge in [-0.05, 0) is 54.7 Å². The summed E-state index contributed by atoms with van der Waals surface area (Å²) in [6, 6.07) is 8.05. The third-order valence-electron chi connectivity index (χ3n) is 3.98. The van der Waals surface area contributed by atoms with E-state index in [1.165, 1.54) is 16.7 Å². The van der Waals surface area contributed by atoms with Gasteiger partial charge >= 0.3 is 0 Å². The van der Waals surface area contributed by atoms with Gasteiger partial charge in [0.15, 0.2) is 0 Å². The summed E-state index contributed by atoms with van der Waals surface area (Å²) in [6.45, 7) is 9.22. The fraction of sp³-hybridized carbons (Fsp3) is 0.350. The summed E-state index contributed by atoms with van der Waals surface area (Å²) in [7, 11) is 1.91. The van der Waals surface area contributed by atoms with Gasteiger partial charge in [0.2, 0.25) is 0 Å². The molecule has 24 heavy (non-hydrogen) atoms. The summed E-state index contributed by atoms with van der Waals surface area (Å²) in [4.78, 5) is 0. The fourth-order valence-electron chi connectivity index (χ4n) is 2.62. The third kappa shape index (κ3) is 5.00. The summed E-state index contributed by atoms with van der Waals surface area (Å²) in [5.41, 5.74) is 5.56. The standard InChI is InChI=1S/C20H26ClN3/c1-5-6-7-17(19-14-18(21)9-8-15(19)2)10-12-22-16(3)20-11-13-24(4)23-20/h7-9,11,13-14,22H,3,5-6,10,12H2,1-2,4H3/b17-7-. The number of halogens is 1. The summed E-state index contributed by atoms with van der Waals surface area (Å²) in [5.74, 6) is 0. The van der Waals surface area contributed by atoms with E-state index in [1.54, 1.807) is 4.68 Å². The molecule has 1 N–H and O–H groups in total. The van der Waals surface area contributed by atoms with Gasteiger partial charge in [0.1, 0.15) is 5.69 Å². The van der Waals surface area contributed by atoms with Crippen molar-refractivity contribution in [1.82, 2.24) is 15.1 Å². The largest absolute Gasteiger partial charge is 0.383 e. The lowest BCUT2D eigenvalue weighted by Gasteiger charge is -2.14. The van der Waals surface area contributed by atoms with Crippen LogP contribution < -0.4 is 5.32 Å². The van der Waals surface area contributed by atoms with Gasteiger partial charge in [0, 0.05) is 24.8 Å². The van der Waals surface area contributed by atoms with Crippen molar-refractivity contribution in [1.29, 1.82) is 0 Å². The quantitative estimate of drug-likeness (QED) is 0.712. The minimum absolute atomic E-state index is 0.781. The molecule has 0 aliphatic carbocycles. The van der Waals surface area contributed by atoms with Crippen molar-refractivity contribution in [2.45, 2.75) is 33.1 Å². The summed E-state index contributed by atoms with van der Waals surface area (Å²) < 4.78 is 1.78. The van der Waals surface area contributed by atoms with Crippen LogP contribution in [0.3, 0.4) is 0 Å². The summed E-state index contributed by atoms with van der Waals surface area (Å²) >= 11 is 6.19. The van der Waals surface area contributed by atoms with E-state index in [1.807, 2.05) is 25.4 Å². The second kappa shape index (κ2) is 8.74. The number of aryl methyl sites for hydroxylation is 2. The number of nitrogens with one attached hydrogen (secondary N) is 1. The maximum absolute atomic E-state index is 6.19. The maximum atomic E-state index is 6.19. The zero-order chi connectivity index (χ0) is 17.5. The molecule has 0 saturated carbocycles. The lowest BCUT2D eigenvalue weighted by atomic mass is 9.96. The van der Waals surface area contributed by atoms with Crippen LogP contribution in [0.25, 0.3) is 11.3 Å². The van der Waals surface area contributed by atoms with E-state index in [0.29, 0.717) is 0 Å². The maximum Gasteiger partial charge on any atom is 0.108 e. The second-order valence-corrected chi connectivity index (χ2v) is 6.44. The van der Waals surface area contributed by atoms with Crippen LogP contribution in [0.1, 0.15) is 43.0 Å². The molecule has 3 nitrogen and oxygen atoms in total. The van der Waals surface area contributed by atoms with Crippen LogP contribution in [-0.4, -0.2) is 16.3 Å². The molecule has 0 amide bonds. The highest BCUT2D eigenvalue weighted by Gasteiger charge is 2.07. The molecule has 0 atom stereocenters. The Morgan fingerprint density at radius 2 is 2.17 bits per heavy atom. The normalized spacial score (nSPS) is 11.6. The highest BCUT2D eigenvalue weighted by molar-refractivity contribution is 6.30. The minimum atomic E-state index is 0.781. The highest BCUT2D eigenvalue weighted by Crippen LogP contribution is 2.26. The van der Waals surface area contributed by atoms with E-state index >= 15 is 0 Å². The van der Waals surface area contributed by atoms with Gasteiger partial charge < -0.3 is 5.32 Å². The minimum Gasteiger partial charge on any atom is -0.383 e. The Bertz CT molecular complexity index is 728. The number of unbranched alkanes of at least 4 members (excludes halogenated alkanes) is 1. The van der Waals surface area contributed by atoms with Gasteiger partial charge in [-0.3, -0.25) is 4.68 Å². The SMILES string of the molecule is C=C(NCC/C(=C/CCC)c1cc(Cl)ccc1C)c1ccn(C)n1. The molecule has 0 aliphatic rings. The van der Waals surface area contributed by atoms with Crippen molar-refractivity contribution < 1.29 is 0 Å². The average molecular weight is 344 g/mol. The molecule has 0 saturated heterocycles. The van der Waals surface area contributed by atoms with E-state index in [9.17, 15) is 0 Å². The predicted molar refractivity (Wildman–Crippen MR) is 104 cm³/mol. The Balaban J connectivity index is 2.04. The van der Waals surface area contributed by atoms with Crippen molar-refractivity contribution in [3.05, 3.63) is 65.0 Å². The Kier molecular flexibility index (Phi) is 6.68. The number of benzene rings is 1. The second-order valence-electron chi connectivity index (χ2n) is 6.01. The Labute approximate surface area is 150 Å². The number of hydrogen-bond donors (Lipinski definition) is 1. The summed E-state index contributed by atoms with van der Waals surface area (Å²) in [5, 5.41) is 8.52. The van der Waals surface area contributed by atoms with E-state index in [2.05, 4.69) is 49.1 Å². The molecule has 0 fully saturated rings. The monoisotopic (exact) mass is 343 g/mol. The molecule has 128 valence electrons. The van der Waals surface area contributed by atoms with Gasteiger partial charge in [0.05, 0.1) is 5.70 Å². The fourth-order valence-corrected chi connectivity index (χ4v) is 2.79. The molecular formula is C20H26ClN3. The lowest BCUT2D eigenvalue weighted by molar-refractivity contribution is 0.757. The van der Waals surface area contributed by atoms with Crippen LogP contribution in [0.5, 0.6) is 0 Å². The Morgan fingerprint density at radius 1 is 1.38 bits per heavy atom. The van der Waals surface area contributed by atoms with Crippen LogP contribution in [0.2, 0.25) is 5.02 Å². The van der Waals surface area contributed by atoms with E-state index in [0.717, 1.165) is 42.2 Å². The molecule has 1 aromatic carbocycles. The number of allylic oxidation sites excluding steroid dienone is 1. The van der Waals surface area contributed by atoms with Crippen LogP contribution in [0.4, 0.5) is 0 Å². The van der Waals surface area contributed by atoms with E-state index < -0.39 is 0 Å². The van der Waals surface area contributed by atoms with Gasteiger partial charge in [0.25, 0.3) is 0 Å². The molecule has 4 heteroatoms. The van der Waals surface area contributed by atoms with Crippen LogP contribution >= 0.6 is 11.6 Å². The van der Waals surface area contributed by atoms with Gasteiger partial charge in [-0.15, -0.1) is 0 Å². The number of hydrogen-bond acceptors (Lipinski definition) is 2. The Morgan fingerprint density at radius 3 is 2.83 bits per heavy atom. The van der Waals surface area contributed by atoms with Gasteiger partial charge in [-0.2, -0.15) is 5.10 Å². The first-order valence-electron chi connectivity index (χ1n) is 8.39. The van der Waals surface area contributed by atoms with Crippen LogP contribution in [0.15, 0.2) is 43.1 Å².